The van der Waals surface area contributed by atoms with Crippen LogP contribution in [-0.2, 0) is 0 Å². The number of aromatic amines is 1. The average molecular weight is 323 g/mol. The van der Waals surface area contributed by atoms with Crippen molar-refractivity contribution in [3.8, 4) is 5.69 Å². The summed E-state index contributed by atoms with van der Waals surface area (Å²) in [5, 5.41) is 13.5. The van der Waals surface area contributed by atoms with Gasteiger partial charge >= 0.3 is 0 Å². The van der Waals surface area contributed by atoms with Crippen LogP contribution in [0.15, 0.2) is 59.4 Å². The number of H-pyrrole nitrogens is 1. The third kappa shape index (κ3) is 2.63. The molecule has 0 unspecified atom stereocenters. The number of benzene rings is 2. The van der Waals surface area contributed by atoms with Crippen molar-refractivity contribution in [3.63, 3.8) is 0 Å². The number of nitrogens with zero attached hydrogens (tertiary/aromatic N) is 2. The van der Waals surface area contributed by atoms with Gasteiger partial charge in [0.1, 0.15) is 5.56 Å². The van der Waals surface area contributed by atoms with Crippen molar-refractivity contribution in [1.82, 2.24) is 9.78 Å². The van der Waals surface area contributed by atoms with Gasteiger partial charge in [0, 0.05) is 23.4 Å². The van der Waals surface area contributed by atoms with Crippen LogP contribution in [0.25, 0.3) is 5.69 Å². The number of non-ortho nitro benzene ring substituents is 1. The fraction of sp³-hybridized carbons (Fsp3) is 0.0588. The van der Waals surface area contributed by atoms with Gasteiger partial charge in [0.2, 0.25) is 0 Å². The van der Waals surface area contributed by atoms with Gasteiger partial charge in [-0.3, -0.25) is 24.8 Å². The van der Waals surface area contributed by atoms with Crippen LogP contribution >= 0.6 is 0 Å². The molecule has 0 amide bonds. The van der Waals surface area contributed by atoms with E-state index in [0.717, 1.165) is 0 Å². The van der Waals surface area contributed by atoms with Gasteiger partial charge in [0.05, 0.1) is 10.6 Å². The maximum Gasteiger partial charge on any atom is 0.282 e. The molecule has 0 bridgehead atoms. The third-order valence-electron chi connectivity index (χ3n) is 3.65. The van der Waals surface area contributed by atoms with Crippen molar-refractivity contribution in [1.29, 1.82) is 0 Å². The molecule has 7 heteroatoms. The molecule has 3 aromatic rings. The summed E-state index contributed by atoms with van der Waals surface area (Å²) in [6.45, 7) is 1.64. The summed E-state index contributed by atoms with van der Waals surface area (Å²) >= 11 is 0. The van der Waals surface area contributed by atoms with Gasteiger partial charge in [-0.05, 0) is 19.1 Å². The van der Waals surface area contributed by atoms with Gasteiger partial charge in [-0.2, -0.15) is 0 Å². The molecule has 3 rings (SSSR count). The van der Waals surface area contributed by atoms with Crippen molar-refractivity contribution < 1.29 is 9.72 Å². The van der Waals surface area contributed by atoms with Crippen LogP contribution < -0.4 is 5.56 Å². The van der Waals surface area contributed by atoms with Crippen LogP contribution in [0.2, 0.25) is 0 Å². The number of nitro benzene ring substituents is 1. The lowest BCUT2D eigenvalue weighted by Gasteiger charge is -2.00. The molecule has 0 saturated carbocycles. The minimum Gasteiger partial charge on any atom is -0.295 e. The first kappa shape index (κ1) is 15.4. The van der Waals surface area contributed by atoms with Crippen LogP contribution in [0, 0.1) is 17.0 Å². The predicted octanol–water partition coefficient (Wildman–Crippen LogP) is 2.61. The first-order valence-corrected chi connectivity index (χ1v) is 7.15. The molecule has 2 aromatic carbocycles. The standard InChI is InChI=1S/C17H13N3O4/c1-11-15(16(21)12-5-3-2-4-6-12)17(22)19(18-11)13-7-9-14(10-8-13)20(23)24/h2-10,18H,1H3. The van der Waals surface area contributed by atoms with E-state index >= 15 is 0 Å². The molecule has 7 nitrogen and oxygen atoms in total. The first-order chi connectivity index (χ1) is 11.5. The molecule has 0 radical (unpaired) electrons. The summed E-state index contributed by atoms with van der Waals surface area (Å²) in [5.41, 5.74) is 0.769. The second kappa shape index (κ2) is 5.96. The number of carbonyl (C=O) groups excluding carboxylic acids is 1. The fourth-order valence-electron chi connectivity index (χ4n) is 2.45. The van der Waals surface area contributed by atoms with Crippen molar-refractivity contribution in [2.75, 3.05) is 0 Å². The Morgan fingerprint density at radius 2 is 1.71 bits per heavy atom. The van der Waals surface area contributed by atoms with Gasteiger partial charge in [0.15, 0.2) is 5.78 Å². The van der Waals surface area contributed by atoms with E-state index < -0.39 is 10.5 Å². The van der Waals surface area contributed by atoms with Crippen LogP contribution in [0.3, 0.4) is 0 Å². The predicted molar refractivity (Wildman–Crippen MR) is 87.7 cm³/mol. The molecular weight excluding hydrogens is 310 g/mol. The number of carbonyl (C=O) groups is 1. The molecule has 0 atom stereocenters. The lowest BCUT2D eigenvalue weighted by Crippen LogP contribution is -2.20. The Morgan fingerprint density at radius 1 is 1.08 bits per heavy atom. The summed E-state index contributed by atoms with van der Waals surface area (Å²) in [5.74, 6) is -0.366. The third-order valence-corrected chi connectivity index (χ3v) is 3.65. The zero-order chi connectivity index (χ0) is 17.3. The molecule has 24 heavy (non-hydrogen) atoms. The van der Waals surface area contributed by atoms with E-state index in [0.29, 0.717) is 16.9 Å². The summed E-state index contributed by atoms with van der Waals surface area (Å²) in [7, 11) is 0. The minimum absolute atomic E-state index is 0.0551. The maximum atomic E-state index is 12.6. The largest absolute Gasteiger partial charge is 0.295 e. The van der Waals surface area contributed by atoms with Gasteiger partial charge in [-0.1, -0.05) is 30.3 Å². The Labute approximate surface area is 136 Å². The normalized spacial score (nSPS) is 10.5. The van der Waals surface area contributed by atoms with Crippen LogP contribution in [-0.4, -0.2) is 20.5 Å². The number of hydrogen-bond acceptors (Lipinski definition) is 4. The van der Waals surface area contributed by atoms with Crippen molar-refractivity contribution >= 4 is 11.5 Å². The van der Waals surface area contributed by atoms with Crippen molar-refractivity contribution in [2.45, 2.75) is 6.92 Å². The van der Waals surface area contributed by atoms with E-state index in [1.54, 1.807) is 37.3 Å². The second-order valence-electron chi connectivity index (χ2n) is 5.22. The quantitative estimate of drug-likeness (QED) is 0.453. The van der Waals surface area contributed by atoms with Crippen LogP contribution in [0.5, 0.6) is 0 Å². The van der Waals surface area contributed by atoms with Gasteiger partial charge < -0.3 is 0 Å². The molecule has 0 aliphatic carbocycles. The van der Waals surface area contributed by atoms with Gasteiger partial charge in [-0.25, -0.2) is 4.68 Å². The Balaban J connectivity index is 2.05. The Bertz CT molecular complexity index is 969. The van der Waals surface area contributed by atoms with E-state index in [9.17, 15) is 19.7 Å². The topological polar surface area (TPSA) is 98.0 Å². The van der Waals surface area contributed by atoms with Crippen LogP contribution in [0.4, 0.5) is 5.69 Å². The number of ketones is 1. The summed E-state index contributed by atoms with van der Waals surface area (Å²) in [6, 6.07) is 14.0. The smallest absolute Gasteiger partial charge is 0.282 e. The van der Waals surface area contributed by atoms with E-state index in [1.807, 2.05) is 0 Å². The number of nitro groups is 1. The zero-order valence-electron chi connectivity index (χ0n) is 12.7. The van der Waals surface area contributed by atoms with E-state index in [4.69, 9.17) is 0 Å². The van der Waals surface area contributed by atoms with E-state index in [2.05, 4.69) is 5.10 Å². The Kier molecular flexibility index (Phi) is 3.83. The SMILES string of the molecule is Cc1[nH]n(-c2ccc([N+](=O)[O-])cc2)c(=O)c1C(=O)c1ccccc1. The number of rotatable bonds is 4. The van der Waals surface area contributed by atoms with E-state index in [-0.39, 0.29) is 17.0 Å². The molecule has 1 heterocycles. The Hall–Kier alpha value is -3.48. The summed E-state index contributed by atoms with van der Waals surface area (Å²) < 4.78 is 1.20. The lowest BCUT2D eigenvalue weighted by molar-refractivity contribution is -0.384. The molecule has 0 saturated heterocycles. The van der Waals surface area contributed by atoms with Gasteiger partial charge in [0.25, 0.3) is 11.2 Å². The van der Waals surface area contributed by atoms with E-state index in [1.165, 1.54) is 28.9 Å². The molecule has 1 N–H and O–H groups in total. The summed E-state index contributed by atoms with van der Waals surface area (Å²) in [4.78, 5) is 35.3. The zero-order valence-corrected chi connectivity index (χ0v) is 12.7. The highest BCUT2D eigenvalue weighted by molar-refractivity contribution is 6.09. The first-order valence-electron chi connectivity index (χ1n) is 7.15. The lowest BCUT2D eigenvalue weighted by atomic mass is 10.0. The highest BCUT2D eigenvalue weighted by Gasteiger charge is 2.20. The second-order valence-corrected chi connectivity index (χ2v) is 5.22. The molecule has 1 aromatic heterocycles. The van der Waals surface area contributed by atoms with Gasteiger partial charge in [-0.15, -0.1) is 0 Å². The summed E-state index contributed by atoms with van der Waals surface area (Å²) in [6.07, 6.45) is 0. The fourth-order valence-corrected chi connectivity index (χ4v) is 2.45. The Morgan fingerprint density at radius 3 is 2.29 bits per heavy atom. The molecular formula is C17H13N3O4. The number of nitrogens with one attached hydrogen (secondary N) is 1. The number of aromatic nitrogens is 2. The minimum atomic E-state index is -0.517. The van der Waals surface area contributed by atoms with Crippen molar-refractivity contribution in [3.05, 3.63) is 91.9 Å². The highest BCUT2D eigenvalue weighted by Crippen LogP contribution is 2.15. The monoisotopic (exact) mass is 323 g/mol. The van der Waals surface area contributed by atoms with Crippen molar-refractivity contribution in [2.24, 2.45) is 0 Å². The average Bonchev–Trinajstić information content (AvgIpc) is 2.89. The number of hydrogen-bond donors (Lipinski definition) is 1. The molecule has 0 fully saturated rings. The molecule has 0 aliphatic rings. The molecule has 0 aliphatic heterocycles. The van der Waals surface area contributed by atoms with Crippen LogP contribution in [0.1, 0.15) is 21.6 Å². The highest BCUT2D eigenvalue weighted by atomic mass is 16.6. The molecule has 120 valence electrons. The molecule has 0 spiro atoms. The number of aryl methyl sites for hydroxylation is 1. The maximum absolute atomic E-state index is 12.6.